The third-order valence-electron chi connectivity index (χ3n) is 2.37. The highest BCUT2D eigenvalue weighted by Gasteiger charge is 2.07. The van der Waals surface area contributed by atoms with Crippen molar-refractivity contribution in [1.29, 1.82) is 5.26 Å². The van der Waals surface area contributed by atoms with Crippen LogP contribution >= 0.6 is 11.6 Å². The largest absolute Gasteiger partial charge is 0.478 e. The first-order chi connectivity index (χ1) is 9.10. The zero-order valence-corrected chi connectivity index (χ0v) is 10.4. The van der Waals surface area contributed by atoms with Gasteiger partial charge in [0.05, 0.1) is 22.2 Å². The summed E-state index contributed by atoms with van der Waals surface area (Å²) in [4.78, 5) is 10.8. The van der Waals surface area contributed by atoms with Crippen LogP contribution in [0.1, 0.15) is 15.9 Å². The zero-order chi connectivity index (χ0) is 13.8. The summed E-state index contributed by atoms with van der Waals surface area (Å²) in [7, 11) is 0. The number of hydrogen-bond donors (Lipinski definition) is 1. The second-order valence-electron chi connectivity index (χ2n) is 3.69. The number of carbonyl (C=O) groups is 1. The SMILES string of the molecule is N#Cc1ccc(Oc2cccc(C(=O)O)c2)c(Cl)c1. The Morgan fingerprint density at radius 3 is 2.68 bits per heavy atom. The predicted molar refractivity (Wildman–Crippen MR) is 69.6 cm³/mol. The van der Waals surface area contributed by atoms with E-state index >= 15 is 0 Å². The van der Waals surface area contributed by atoms with Crippen LogP contribution in [0, 0.1) is 11.3 Å². The molecule has 0 aromatic heterocycles. The average Bonchev–Trinajstić information content (AvgIpc) is 2.41. The first-order valence-corrected chi connectivity index (χ1v) is 5.69. The van der Waals surface area contributed by atoms with E-state index in [0.29, 0.717) is 22.1 Å². The van der Waals surface area contributed by atoms with Gasteiger partial charge < -0.3 is 9.84 Å². The molecule has 0 heterocycles. The van der Waals surface area contributed by atoms with Crippen LogP contribution in [0.4, 0.5) is 0 Å². The Labute approximate surface area is 114 Å². The first kappa shape index (κ1) is 12.9. The van der Waals surface area contributed by atoms with Crippen LogP contribution in [0.2, 0.25) is 5.02 Å². The quantitative estimate of drug-likeness (QED) is 0.925. The van der Waals surface area contributed by atoms with Gasteiger partial charge in [0.2, 0.25) is 0 Å². The molecule has 5 heteroatoms. The van der Waals surface area contributed by atoms with Crippen molar-refractivity contribution < 1.29 is 14.6 Å². The zero-order valence-electron chi connectivity index (χ0n) is 9.63. The van der Waals surface area contributed by atoms with Crippen molar-refractivity contribution in [3.63, 3.8) is 0 Å². The van der Waals surface area contributed by atoms with Gasteiger partial charge in [-0.05, 0) is 36.4 Å². The average molecular weight is 274 g/mol. The van der Waals surface area contributed by atoms with Crippen molar-refractivity contribution in [3.05, 3.63) is 58.6 Å². The van der Waals surface area contributed by atoms with Crippen molar-refractivity contribution in [2.24, 2.45) is 0 Å². The number of nitriles is 1. The summed E-state index contributed by atoms with van der Waals surface area (Å²) < 4.78 is 5.49. The fourth-order valence-corrected chi connectivity index (χ4v) is 1.69. The molecule has 4 nitrogen and oxygen atoms in total. The molecule has 94 valence electrons. The topological polar surface area (TPSA) is 70.3 Å². The normalized spacial score (nSPS) is 9.68. The second kappa shape index (κ2) is 5.42. The number of aromatic carboxylic acids is 1. The first-order valence-electron chi connectivity index (χ1n) is 5.31. The summed E-state index contributed by atoms with van der Waals surface area (Å²) in [5.41, 5.74) is 0.555. The molecule has 0 fully saturated rings. The predicted octanol–water partition coefficient (Wildman–Crippen LogP) is 3.70. The Balaban J connectivity index is 2.29. The van der Waals surface area contributed by atoms with E-state index in [4.69, 9.17) is 26.7 Å². The molecular weight excluding hydrogens is 266 g/mol. The Morgan fingerprint density at radius 1 is 1.26 bits per heavy atom. The molecule has 2 aromatic carbocycles. The van der Waals surface area contributed by atoms with Crippen LogP contribution in [-0.4, -0.2) is 11.1 Å². The van der Waals surface area contributed by atoms with Crippen LogP contribution in [-0.2, 0) is 0 Å². The number of carboxylic acids is 1. The maximum atomic E-state index is 10.8. The Morgan fingerprint density at radius 2 is 2.05 bits per heavy atom. The van der Waals surface area contributed by atoms with Crippen LogP contribution in [0.3, 0.4) is 0 Å². The van der Waals surface area contributed by atoms with Gasteiger partial charge in [0.25, 0.3) is 0 Å². The minimum atomic E-state index is -1.03. The van der Waals surface area contributed by atoms with Gasteiger partial charge in [-0.3, -0.25) is 0 Å². The lowest BCUT2D eigenvalue weighted by atomic mass is 10.2. The highest BCUT2D eigenvalue weighted by molar-refractivity contribution is 6.32. The molecule has 0 aliphatic rings. The minimum Gasteiger partial charge on any atom is -0.478 e. The van der Waals surface area contributed by atoms with Gasteiger partial charge in [-0.25, -0.2) is 4.79 Å². The smallest absolute Gasteiger partial charge is 0.335 e. The summed E-state index contributed by atoms with van der Waals surface area (Å²) in [6.45, 7) is 0. The van der Waals surface area contributed by atoms with Crippen LogP contribution < -0.4 is 4.74 Å². The fraction of sp³-hybridized carbons (Fsp3) is 0. The fourth-order valence-electron chi connectivity index (χ4n) is 1.47. The molecule has 2 rings (SSSR count). The van der Waals surface area contributed by atoms with Crippen molar-refractivity contribution in [2.45, 2.75) is 0 Å². The van der Waals surface area contributed by atoms with Crippen LogP contribution in [0.25, 0.3) is 0 Å². The van der Waals surface area contributed by atoms with E-state index in [-0.39, 0.29) is 5.56 Å². The Bertz CT molecular complexity index is 677. The van der Waals surface area contributed by atoms with Crippen molar-refractivity contribution in [1.82, 2.24) is 0 Å². The van der Waals surface area contributed by atoms with Gasteiger partial charge in [-0.1, -0.05) is 17.7 Å². The summed E-state index contributed by atoms with van der Waals surface area (Å²) in [6, 6.07) is 12.7. The molecule has 19 heavy (non-hydrogen) atoms. The monoisotopic (exact) mass is 273 g/mol. The van der Waals surface area contributed by atoms with E-state index in [1.165, 1.54) is 18.2 Å². The van der Waals surface area contributed by atoms with Gasteiger partial charge in [0.15, 0.2) is 0 Å². The van der Waals surface area contributed by atoms with Gasteiger partial charge in [0, 0.05) is 0 Å². The molecule has 0 aliphatic heterocycles. The van der Waals surface area contributed by atoms with E-state index < -0.39 is 5.97 Å². The highest BCUT2D eigenvalue weighted by Crippen LogP contribution is 2.30. The Kier molecular flexibility index (Phi) is 3.69. The van der Waals surface area contributed by atoms with Gasteiger partial charge in [-0.2, -0.15) is 5.26 Å². The molecule has 0 bridgehead atoms. The lowest BCUT2D eigenvalue weighted by Gasteiger charge is -2.08. The molecule has 1 N–H and O–H groups in total. The van der Waals surface area contributed by atoms with E-state index in [2.05, 4.69) is 0 Å². The maximum Gasteiger partial charge on any atom is 0.335 e. The molecule has 0 aliphatic carbocycles. The minimum absolute atomic E-state index is 0.127. The van der Waals surface area contributed by atoms with Crippen LogP contribution in [0.15, 0.2) is 42.5 Å². The molecule has 0 spiro atoms. The summed E-state index contributed by atoms with van der Waals surface area (Å²) in [6.07, 6.45) is 0. The summed E-state index contributed by atoms with van der Waals surface area (Å²) in [5.74, 6) is -0.300. The number of ether oxygens (including phenoxy) is 1. The lowest BCUT2D eigenvalue weighted by molar-refractivity contribution is 0.0696. The van der Waals surface area contributed by atoms with E-state index in [1.54, 1.807) is 24.3 Å². The molecule has 0 unspecified atom stereocenters. The number of carboxylic acid groups (broad SMARTS) is 1. The number of benzene rings is 2. The molecular formula is C14H8ClNO3. The molecule has 0 saturated heterocycles. The number of hydrogen-bond acceptors (Lipinski definition) is 3. The summed E-state index contributed by atoms with van der Waals surface area (Å²) in [5, 5.41) is 17.9. The third-order valence-corrected chi connectivity index (χ3v) is 2.67. The van der Waals surface area contributed by atoms with E-state index in [1.807, 2.05) is 6.07 Å². The van der Waals surface area contributed by atoms with Crippen LogP contribution in [0.5, 0.6) is 11.5 Å². The van der Waals surface area contributed by atoms with Gasteiger partial charge in [0.1, 0.15) is 11.5 Å². The van der Waals surface area contributed by atoms with Gasteiger partial charge >= 0.3 is 5.97 Å². The standard InChI is InChI=1S/C14H8ClNO3/c15-12-6-9(8-16)4-5-13(12)19-11-3-1-2-10(7-11)14(17)18/h1-7H,(H,17,18). The van der Waals surface area contributed by atoms with E-state index in [0.717, 1.165) is 0 Å². The molecule has 0 amide bonds. The number of nitrogens with zero attached hydrogens (tertiary/aromatic N) is 1. The van der Waals surface area contributed by atoms with Gasteiger partial charge in [-0.15, -0.1) is 0 Å². The van der Waals surface area contributed by atoms with E-state index in [9.17, 15) is 4.79 Å². The van der Waals surface area contributed by atoms with Crippen molar-refractivity contribution >= 4 is 17.6 Å². The van der Waals surface area contributed by atoms with Crippen molar-refractivity contribution in [2.75, 3.05) is 0 Å². The molecule has 0 radical (unpaired) electrons. The van der Waals surface area contributed by atoms with Crippen molar-refractivity contribution in [3.8, 4) is 17.6 Å². The molecule has 0 saturated carbocycles. The summed E-state index contributed by atoms with van der Waals surface area (Å²) >= 11 is 5.97. The second-order valence-corrected chi connectivity index (χ2v) is 4.10. The third kappa shape index (κ3) is 3.03. The number of rotatable bonds is 3. The molecule has 2 aromatic rings. The highest BCUT2D eigenvalue weighted by atomic mass is 35.5. The Hall–Kier alpha value is -2.51. The maximum absolute atomic E-state index is 10.8. The lowest BCUT2D eigenvalue weighted by Crippen LogP contribution is -1.96. The number of halogens is 1. The molecule has 0 atom stereocenters.